The second-order valence-electron chi connectivity index (χ2n) is 6.31. The highest BCUT2D eigenvalue weighted by Crippen LogP contribution is 2.35. The molecule has 3 unspecified atom stereocenters. The minimum Gasteiger partial charge on any atom is -0.326 e. The zero-order chi connectivity index (χ0) is 14.3. The predicted octanol–water partition coefficient (Wildman–Crippen LogP) is 5.08. The van der Waals surface area contributed by atoms with Gasteiger partial charge in [-0.15, -0.1) is 11.6 Å². The third kappa shape index (κ3) is 2.35. The van der Waals surface area contributed by atoms with E-state index >= 15 is 0 Å². The molecule has 0 spiro atoms. The lowest BCUT2D eigenvalue weighted by Crippen LogP contribution is -2.16. The third-order valence-corrected chi connectivity index (χ3v) is 5.01. The van der Waals surface area contributed by atoms with E-state index in [2.05, 4.69) is 36.6 Å². The number of nitrogens with zero attached hydrogens (tertiary/aromatic N) is 2. The van der Waals surface area contributed by atoms with Crippen molar-refractivity contribution >= 4 is 22.6 Å². The Labute approximate surface area is 126 Å². The molecule has 1 saturated carbocycles. The molecule has 2 nitrogen and oxygen atoms in total. The van der Waals surface area contributed by atoms with Crippen molar-refractivity contribution in [1.29, 1.82) is 0 Å². The Morgan fingerprint density at radius 3 is 2.85 bits per heavy atom. The number of hydrogen-bond acceptors (Lipinski definition) is 1. The Morgan fingerprint density at radius 1 is 1.40 bits per heavy atom. The largest absolute Gasteiger partial charge is 0.326 e. The number of benzene rings is 1. The summed E-state index contributed by atoms with van der Waals surface area (Å²) in [5, 5.41) is -0.0430. The number of halogens is 1. The van der Waals surface area contributed by atoms with E-state index in [-0.39, 0.29) is 5.38 Å². The normalized spacial score (nSPS) is 24.4. The lowest BCUT2D eigenvalue weighted by Gasteiger charge is -2.19. The second kappa shape index (κ2) is 5.40. The van der Waals surface area contributed by atoms with Crippen LogP contribution in [0, 0.1) is 18.8 Å². The van der Waals surface area contributed by atoms with E-state index in [1.165, 1.54) is 30.3 Å². The molecule has 0 saturated heterocycles. The monoisotopic (exact) mass is 290 g/mol. The van der Waals surface area contributed by atoms with Crippen LogP contribution in [0.2, 0.25) is 0 Å². The first-order chi connectivity index (χ1) is 9.58. The Kier molecular flexibility index (Phi) is 3.76. The minimum absolute atomic E-state index is 0.0430. The van der Waals surface area contributed by atoms with Gasteiger partial charge in [0.25, 0.3) is 0 Å². The molecule has 3 atom stereocenters. The van der Waals surface area contributed by atoms with Crippen molar-refractivity contribution in [3.8, 4) is 0 Å². The van der Waals surface area contributed by atoms with Crippen LogP contribution in [0.1, 0.15) is 49.9 Å². The fourth-order valence-corrected chi connectivity index (χ4v) is 3.77. The average Bonchev–Trinajstić information content (AvgIpc) is 2.96. The predicted molar refractivity (Wildman–Crippen MR) is 85.2 cm³/mol. The first-order valence-electron chi connectivity index (χ1n) is 7.67. The van der Waals surface area contributed by atoms with Crippen LogP contribution in [-0.2, 0) is 6.54 Å². The van der Waals surface area contributed by atoms with Gasteiger partial charge in [0.1, 0.15) is 5.82 Å². The summed E-state index contributed by atoms with van der Waals surface area (Å²) in [5.41, 5.74) is 3.65. The smallest absolute Gasteiger partial charge is 0.127 e. The number of rotatable bonds is 3. The van der Waals surface area contributed by atoms with E-state index in [1.54, 1.807) is 0 Å². The van der Waals surface area contributed by atoms with Crippen LogP contribution in [0.15, 0.2) is 18.2 Å². The molecule has 1 aliphatic carbocycles. The van der Waals surface area contributed by atoms with Crippen LogP contribution in [-0.4, -0.2) is 9.55 Å². The van der Waals surface area contributed by atoms with Crippen LogP contribution in [0.25, 0.3) is 11.0 Å². The molecule has 2 aromatic rings. The molecule has 20 heavy (non-hydrogen) atoms. The van der Waals surface area contributed by atoms with Crippen LogP contribution in [0.4, 0.5) is 0 Å². The molecule has 0 bridgehead atoms. The van der Waals surface area contributed by atoms with E-state index in [0.717, 1.165) is 29.7 Å². The van der Waals surface area contributed by atoms with Crippen molar-refractivity contribution in [3.05, 3.63) is 29.6 Å². The summed E-state index contributed by atoms with van der Waals surface area (Å²) >= 11 is 6.37. The molecule has 1 heterocycles. The van der Waals surface area contributed by atoms with Crippen molar-refractivity contribution in [3.63, 3.8) is 0 Å². The minimum atomic E-state index is -0.0430. The number of aryl methyl sites for hydroxylation is 1. The molecule has 3 heteroatoms. The van der Waals surface area contributed by atoms with Gasteiger partial charge in [-0.3, -0.25) is 0 Å². The standard InChI is InChI=1S/C17H23ClN2/c1-11-6-4-8-14(11)10-20-16-12(2)7-5-9-15(16)19-17(20)13(3)18/h5,7,9,11,13-14H,4,6,8,10H2,1-3H3. The molecule has 1 aliphatic rings. The summed E-state index contributed by atoms with van der Waals surface area (Å²) in [6.07, 6.45) is 4.06. The van der Waals surface area contributed by atoms with Crippen molar-refractivity contribution in [2.45, 2.75) is 52.0 Å². The van der Waals surface area contributed by atoms with Crippen molar-refractivity contribution in [1.82, 2.24) is 9.55 Å². The van der Waals surface area contributed by atoms with Gasteiger partial charge in [0.05, 0.1) is 16.4 Å². The Hall–Kier alpha value is -1.02. The molecule has 0 aliphatic heterocycles. The quantitative estimate of drug-likeness (QED) is 0.721. The summed E-state index contributed by atoms with van der Waals surface area (Å²) in [4.78, 5) is 4.77. The lowest BCUT2D eigenvalue weighted by atomic mass is 9.98. The summed E-state index contributed by atoms with van der Waals surface area (Å²) in [5.74, 6) is 2.60. The highest BCUT2D eigenvalue weighted by atomic mass is 35.5. The van der Waals surface area contributed by atoms with Crippen molar-refractivity contribution in [2.75, 3.05) is 0 Å². The summed E-state index contributed by atoms with van der Waals surface area (Å²) in [6, 6.07) is 6.34. The van der Waals surface area contributed by atoms with Crippen molar-refractivity contribution < 1.29 is 0 Å². The van der Waals surface area contributed by atoms with Crippen LogP contribution in [0.3, 0.4) is 0 Å². The van der Waals surface area contributed by atoms with Gasteiger partial charge < -0.3 is 4.57 Å². The van der Waals surface area contributed by atoms with Gasteiger partial charge in [0, 0.05) is 6.54 Å². The molecule has 1 aromatic heterocycles. The van der Waals surface area contributed by atoms with Crippen LogP contribution >= 0.6 is 11.6 Å². The fraction of sp³-hybridized carbons (Fsp3) is 0.588. The van der Waals surface area contributed by atoms with Gasteiger partial charge in [-0.2, -0.15) is 0 Å². The van der Waals surface area contributed by atoms with Gasteiger partial charge in [0.2, 0.25) is 0 Å². The Morgan fingerprint density at radius 2 is 2.20 bits per heavy atom. The number of alkyl halides is 1. The maximum Gasteiger partial charge on any atom is 0.127 e. The first kappa shape index (κ1) is 13.9. The van der Waals surface area contributed by atoms with Gasteiger partial charge in [0.15, 0.2) is 0 Å². The zero-order valence-corrected chi connectivity index (χ0v) is 13.3. The van der Waals surface area contributed by atoms with Gasteiger partial charge in [-0.25, -0.2) is 4.98 Å². The molecule has 0 radical (unpaired) electrons. The average molecular weight is 291 g/mol. The Balaban J connectivity index is 2.08. The van der Waals surface area contributed by atoms with E-state index < -0.39 is 0 Å². The Bertz CT molecular complexity index is 615. The molecular formula is C17H23ClN2. The number of para-hydroxylation sites is 1. The zero-order valence-electron chi connectivity index (χ0n) is 12.6. The molecular weight excluding hydrogens is 268 g/mol. The maximum absolute atomic E-state index is 6.37. The van der Waals surface area contributed by atoms with Crippen LogP contribution in [0.5, 0.6) is 0 Å². The molecule has 3 rings (SSSR count). The molecule has 108 valence electrons. The first-order valence-corrected chi connectivity index (χ1v) is 8.11. The summed E-state index contributed by atoms with van der Waals surface area (Å²) < 4.78 is 2.38. The lowest BCUT2D eigenvalue weighted by molar-refractivity contribution is 0.363. The number of fused-ring (bicyclic) bond motifs is 1. The topological polar surface area (TPSA) is 17.8 Å². The molecule has 0 amide bonds. The van der Waals surface area contributed by atoms with E-state index in [1.807, 2.05) is 6.92 Å². The fourth-order valence-electron chi connectivity index (χ4n) is 3.60. The summed E-state index contributed by atoms with van der Waals surface area (Å²) in [6.45, 7) is 7.64. The van der Waals surface area contributed by atoms with Gasteiger partial charge >= 0.3 is 0 Å². The SMILES string of the molecule is Cc1cccc2nc(C(C)Cl)n(CC3CCCC3C)c12. The third-order valence-electron chi connectivity index (χ3n) is 4.81. The second-order valence-corrected chi connectivity index (χ2v) is 6.96. The van der Waals surface area contributed by atoms with Gasteiger partial charge in [-0.05, 0) is 43.7 Å². The maximum atomic E-state index is 6.37. The summed E-state index contributed by atoms with van der Waals surface area (Å²) in [7, 11) is 0. The number of hydrogen-bond donors (Lipinski definition) is 0. The van der Waals surface area contributed by atoms with E-state index in [9.17, 15) is 0 Å². The molecule has 1 aromatic carbocycles. The number of imidazole rings is 1. The van der Waals surface area contributed by atoms with Gasteiger partial charge in [-0.1, -0.05) is 31.9 Å². The van der Waals surface area contributed by atoms with E-state index in [0.29, 0.717) is 0 Å². The van der Waals surface area contributed by atoms with E-state index in [4.69, 9.17) is 16.6 Å². The highest BCUT2D eigenvalue weighted by molar-refractivity contribution is 6.20. The van der Waals surface area contributed by atoms with Crippen molar-refractivity contribution in [2.24, 2.45) is 11.8 Å². The van der Waals surface area contributed by atoms with Crippen LogP contribution < -0.4 is 0 Å². The molecule has 0 N–H and O–H groups in total. The number of aromatic nitrogens is 2. The molecule has 1 fully saturated rings. The highest BCUT2D eigenvalue weighted by Gasteiger charge is 2.26.